The molecule has 0 aromatic carbocycles. The van der Waals surface area contributed by atoms with Crippen molar-refractivity contribution in [1.29, 1.82) is 10.5 Å². The van der Waals surface area contributed by atoms with Crippen molar-refractivity contribution in [3.8, 4) is 12.1 Å². The molecule has 1 aromatic rings. The smallest absolute Gasteiger partial charge is 0.225 e. The van der Waals surface area contributed by atoms with Gasteiger partial charge in [0.15, 0.2) is 0 Å². The van der Waals surface area contributed by atoms with Gasteiger partial charge < -0.3 is 0 Å². The van der Waals surface area contributed by atoms with Crippen molar-refractivity contribution in [1.82, 2.24) is 0 Å². The van der Waals surface area contributed by atoms with E-state index >= 15 is 0 Å². The van der Waals surface area contributed by atoms with E-state index in [0.29, 0.717) is 9.06 Å². The monoisotopic (exact) mass is 210 g/mol. The van der Waals surface area contributed by atoms with Gasteiger partial charge in [0.05, 0.1) is 25.3 Å². The van der Waals surface area contributed by atoms with Crippen LogP contribution in [0.15, 0.2) is 12.1 Å². The van der Waals surface area contributed by atoms with Crippen molar-refractivity contribution in [3.05, 3.63) is 44.0 Å². The number of nitriles is 2. The molecule has 15 heavy (non-hydrogen) atoms. The molecular formula is C10H2N4S. The number of rotatable bonds is 0. The predicted molar refractivity (Wildman–Crippen MR) is 54.8 cm³/mol. The summed E-state index contributed by atoms with van der Waals surface area (Å²) in [5, 5.41) is 17.2. The van der Waals surface area contributed by atoms with Crippen LogP contribution >= 0.6 is 11.3 Å². The molecule has 4 nitrogen and oxygen atoms in total. The van der Waals surface area contributed by atoms with Gasteiger partial charge in [-0.3, -0.25) is 0 Å². The molecule has 68 valence electrons. The van der Waals surface area contributed by atoms with Crippen molar-refractivity contribution in [2.75, 3.05) is 0 Å². The molecule has 0 amide bonds. The fraction of sp³-hybridized carbons (Fsp3) is 0. The van der Waals surface area contributed by atoms with E-state index in [9.17, 15) is 0 Å². The van der Waals surface area contributed by atoms with Gasteiger partial charge in [-0.1, -0.05) is 12.1 Å². The minimum Gasteiger partial charge on any atom is -0.225 e. The maximum atomic E-state index is 8.62. The highest BCUT2D eigenvalue weighted by atomic mass is 32.1. The number of nitrogens with zero attached hydrogens (tertiary/aromatic N) is 4. The van der Waals surface area contributed by atoms with Crippen molar-refractivity contribution < 1.29 is 0 Å². The summed E-state index contributed by atoms with van der Waals surface area (Å²) < 4.78 is 0.970. The summed E-state index contributed by atoms with van der Waals surface area (Å²) in [6, 6.07) is 6.66. The molecule has 0 saturated carbocycles. The predicted octanol–water partition coefficient (Wildman–Crippen LogP) is 0.850. The highest BCUT2D eigenvalue weighted by Crippen LogP contribution is 1.96. The standard InChI is InChI=1S/C10H2N4S/c1-13-7(5-11)9-3-4-10(15-9)8(6-12)14-2/h3-4H/b9-7-,10-8-. The molecule has 0 atom stereocenters. The van der Waals surface area contributed by atoms with Crippen LogP contribution in [0.1, 0.15) is 0 Å². The van der Waals surface area contributed by atoms with E-state index in [-0.39, 0.29) is 11.4 Å². The molecule has 0 aliphatic rings. The summed E-state index contributed by atoms with van der Waals surface area (Å²) in [6.45, 7) is 13.5. The quantitative estimate of drug-likeness (QED) is 0.596. The van der Waals surface area contributed by atoms with Crippen molar-refractivity contribution >= 4 is 22.7 Å². The normalized spacial score (nSPS) is 12.5. The third-order valence-corrected chi connectivity index (χ3v) is 2.61. The first kappa shape index (κ1) is 10.5. The fourth-order valence-electron chi connectivity index (χ4n) is 0.863. The first-order chi connectivity index (χ1) is 7.26. The van der Waals surface area contributed by atoms with Gasteiger partial charge in [-0.2, -0.15) is 11.3 Å². The summed E-state index contributed by atoms with van der Waals surface area (Å²) in [6.07, 6.45) is 0. The Balaban J connectivity index is 3.66. The van der Waals surface area contributed by atoms with Crippen LogP contribution in [0, 0.1) is 35.8 Å². The second kappa shape index (κ2) is 4.58. The van der Waals surface area contributed by atoms with Crippen LogP contribution in [0.2, 0.25) is 0 Å². The van der Waals surface area contributed by atoms with Gasteiger partial charge in [0.1, 0.15) is 0 Å². The van der Waals surface area contributed by atoms with Crippen LogP contribution in [-0.4, -0.2) is 0 Å². The zero-order valence-electron chi connectivity index (χ0n) is 7.35. The Morgan fingerprint density at radius 2 is 1.47 bits per heavy atom. The topological polar surface area (TPSA) is 56.3 Å². The number of thiophene rings is 1. The summed E-state index contributed by atoms with van der Waals surface area (Å²) in [7, 11) is 0. The van der Waals surface area contributed by atoms with Gasteiger partial charge in [-0.05, 0) is 0 Å². The number of hydrogen-bond acceptors (Lipinski definition) is 3. The van der Waals surface area contributed by atoms with E-state index in [0.717, 1.165) is 11.3 Å². The largest absolute Gasteiger partial charge is 0.278 e. The SMILES string of the molecule is [C-]#[N+]/C(C#N)=c1/cc/c(=C(\C#N)[N+]#[C-])s1. The highest BCUT2D eigenvalue weighted by molar-refractivity contribution is 7.08. The summed E-state index contributed by atoms with van der Waals surface area (Å²) in [4.78, 5) is 6.09. The molecule has 0 bridgehead atoms. The minimum absolute atomic E-state index is 0.0199. The average molecular weight is 210 g/mol. The molecule has 5 heteroatoms. The highest BCUT2D eigenvalue weighted by Gasteiger charge is 1.99. The van der Waals surface area contributed by atoms with Crippen molar-refractivity contribution in [2.45, 2.75) is 0 Å². The van der Waals surface area contributed by atoms with Gasteiger partial charge in [0.2, 0.25) is 0 Å². The van der Waals surface area contributed by atoms with E-state index in [1.807, 2.05) is 0 Å². The zero-order chi connectivity index (χ0) is 11.3. The second-order valence-electron chi connectivity index (χ2n) is 2.31. The Labute approximate surface area is 89.9 Å². The molecule has 0 aliphatic heterocycles. The van der Waals surface area contributed by atoms with E-state index in [4.69, 9.17) is 23.7 Å². The van der Waals surface area contributed by atoms with Crippen LogP contribution in [0.4, 0.5) is 0 Å². The Morgan fingerprint density at radius 1 is 1.07 bits per heavy atom. The number of hydrogen-bond donors (Lipinski definition) is 0. The van der Waals surface area contributed by atoms with Crippen LogP contribution in [0.5, 0.6) is 0 Å². The Kier molecular flexibility index (Phi) is 3.20. The van der Waals surface area contributed by atoms with Crippen LogP contribution in [-0.2, 0) is 0 Å². The molecule has 1 heterocycles. The van der Waals surface area contributed by atoms with E-state index < -0.39 is 0 Å². The van der Waals surface area contributed by atoms with Gasteiger partial charge >= 0.3 is 0 Å². The average Bonchev–Trinajstić information content (AvgIpc) is 2.71. The van der Waals surface area contributed by atoms with Gasteiger partial charge in [0.25, 0.3) is 11.4 Å². The lowest BCUT2D eigenvalue weighted by molar-refractivity contribution is 1.53. The van der Waals surface area contributed by atoms with Gasteiger partial charge in [-0.15, -0.1) is 0 Å². The Bertz CT molecular complexity index is 577. The lowest BCUT2D eigenvalue weighted by Crippen LogP contribution is -1.97. The molecule has 0 spiro atoms. The van der Waals surface area contributed by atoms with Crippen LogP contribution < -0.4 is 9.06 Å². The zero-order valence-corrected chi connectivity index (χ0v) is 8.17. The van der Waals surface area contributed by atoms with Gasteiger partial charge in [-0.25, -0.2) is 20.2 Å². The third-order valence-electron chi connectivity index (χ3n) is 1.51. The third kappa shape index (κ3) is 2.01. The molecular weight excluding hydrogens is 208 g/mol. The Morgan fingerprint density at radius 3 is 1.73 bits per heavy atom. The maximum Gasteiger partial charge on any atom is 0.278 e. The minimum atomic E-state index is -0.0199. The summed E-state index contributed by atoms with van der Waals surface area (Å²) in [5.74, 6) is 0. The Hall–Kier alpha value is -2.60. The fourth-order valence-corrected chi connectivity index (χ4v) is 1.75. The summed E-state index contributed by atoms with van der Waals surface area (Å²) in [5.41, 5.74) is -0.0398. The lowest BCUT2D eigenvalue weighted by atomic mass is 10.4. The van der Waals surface area contributed by atoms with E-state index in [1.54, 1.807) is 24.3 Å². The molecule has 0 radical (unpaired) electrons. The summed E-state index contributed by atoms with van der Waals surface area (Å²) >= 11 is 1.10. The van der Waals surface area contributed by atoms with Crippen molar-refractivity contribution in [2.24, 2.45) is 0 Å². The molecule has 0 N–H and O–H groups in total. The maximum absolute atomic E-state index is 8.62. The second-order valence-corrected chi connectivity index (χ2v) is 3.39. The molecule has 1 rings (SSSR count). The molecule has 0 aliphatic carbocycles. The lowest BCUT2D eigenvalue weighted by Gasteiger charge is -1.76. The van der Waals surface area contributed by atoms with Crippen LogP contribution in [0.25, 0.3) is 21.1 Å². The van der Waals surface area contributed by atoms with E-state index in [2.05, 4.69) is 9.69 Å². The first-order valence-electron chi connectivity index (χ1n) is 3.66. The van der Waals surface area contributed by atoms with Crippen LogP contribution in [0.3, 0.4) is 0 Å². The van der Waals surface area contributed by atoms with Crippen molar-refractivity contribution in [3.63, 3.8) is 0 Å². The van der Waals surface area contributed by atoms with Gasteiger partial charge in [0, 0.05) is 9.06 Å². The van der Waals surface area contributed by atoms with E-state index in [1.165, 1.54) is 0 Å². The molecule has 1 aromatic heterocycles. The molecule has 0 fully saturated rings. The molecule has 0 unspecified atom stereocenters. The molecule has 0 saturated heterocycles. The first-order valence-corrected chi connectivity index (χ1v) is 4.48.